The summed E-state index contributed by atoms with van der Waals surface area (Å²) >= 11 is 6.21. The number of fused-ring (bicyclic) bond motifs is 1. The minimum Gasteiger partial charge on any atom is -0.491 e. The standard InChI is InChI=1S/C22H23ClN2O5/c23-18-3-1-2-15(10-18)19-13-30-20-11-16(21(26)24-28)4-5-17(20)12-25(19)22(27)14-6-8-29-9-7-14/h1-5,10-11,14,19,28H,6-9,12-13H2,(H,24,26)/t19-/m1/s1. The van der Waals surface area contributed by atoms with Crippen LogP contribution in [-0.4, -0.2) is 41.7 Å². The molecule has 0 bridgehead atoms. The van der Waals surface area contributed by atoms with Gasteiger partial charge in [0, 0.05) is 35.3 Å². The van der Waals surface area contributed by atoms with Crippen LogP contribution in [0.3, 0.4) is 0 Å². The minimum atomic E-state index is -0.618. The van der Waals surface area contributed by atoms with Gasteiger partial charge in [0.2, 0.25) is 5.91 Å². The van der Waals surface area contributed by atoms with Crippen molar-refractivity contribution in [1.82, 2.24) is 10.4 Å². The van der Waals surface area contributed by atoms with E-state index in [4.69, 9.17) is 26.3 Å². The third-order valence-corrected chi connectivity index (χ3v) is 5.87. The molecule has 7 nitrogen and oxygen atoms in total. The third kappa shape index (κ3) is 4.28. The highest BCUT2D eigenvalue weighted by Crippen LogP contribution is 2.35. The van der Waals surface area contributed by atoms with Gasteiger partial charge in [0.25, 0.3) is 5.91 Å². The lowest BCUT2D eigenvalue weighted by Crippen LogP contribution is -2.41. The average molecular weight is 431 g/mol. The van der Waals surface area contributed by atoms with Crippen molar-refractivity contribution in [3.05, 3.63) is 64.2 Å². The molecule has 2 aromatic rings. The highest BCUT2D eigenvalue weighted by atomic mass is 35.5. The van der Waals surface area contributed by atoms with Crippen LogP contribution in [0.5, 0.6) is 5.75 Å². The van der Waals surface area contributed by atoms with E-state index in [2.05, 4.69) is 0 Å². The number of amides is 2. The van der Waals surface area contributed by atoms with Crippen molar-refractivity contribution >= 4 is 23.4 Å². The number of carbonyl (C=O) groups is 2. The first kappa shape index (κ1) is 20.7. The topological polar surface area (TPSA) is 88.1 Å². The summed E-state index contributed by atoms with van der Waals surface area (Å²) in [6.07, 6.45) is 1.39. The summed E-state index contributed by atoms with van der Waals surface area (Å²) in [5.74, 6) is -0.129. The molecule has 2 amide bonds. The molecule has 158 valence electrons. The van der Waals surface area contributed by atoms with Crippen LogP contribution >= 0.6 is 11.6 Å². The molecule has 0 aliphatic carbocycles. The molecule has 2 heterocycles. The maximum Gasteiger partial charge on any atom is 0.274 e. The van der Waals surface area contributed by atoms with Gasteiger partial charge in [-0.15, -0.1) is 0 Å². The molecule has 1 saturated heterocycles. The normalized spacial score (nSPS) is 19.4. The van der Waals surface area contributed by atoms with Crippen molar-refractivity contribution in [2.24, 2.45) is 5.92 Å². The van der Waals surface area contributed by atoms with Crippen LogP contribution in [0.15, 0.2) is 42.5 Å². The van der Waals surface area contributed by atoms with Crippen molar-refractivity contribution in [2.75, 3.05) is 19.8 Å². The molecule has 0 spiro atoms. The van der Waals surface area contributed by atoms with Crippen LogP contribution < -0.4 is 10.2 Å². The molecular formula is C22H23ClN2O5. The molecule has 2 N–H and O–H groups in total. The van der Waals surface area contributed by atoms with Gasteiger partial charge in [0.15, 0.2) is 0 Å². The van der Waals surface area contributed by atoms with Gasteiger partial charge in [-0.2, -0.15) is 0 Å². The van der Waals surface area contributed by atoms with Crippen LogP contribution in [0.2, 0.25) is 5.02 Å². The molecule has 0 saturated carbocycles. The molecule has 30 heavy (non-hydrogen) atoms. The van der Waals surface area contributed by atoms with Crippen molar-refractivity contribution in [1.29, 1.82) is 0 Å². The zero-order valence-corrected chi connectivity index (χ0v) is 17.1. The number of hydrogen-bond donors (Lipinski definition) is 2. The van der Waals surface area contributed by atoms with Gasteiger partial charge in [0.05, 0.1) is 12.6 Å². The first-order chi connectivity index (χ1) is 14.6. The van der Waals surface area contributed by atoms with E-state index in [-0.39, 0.29) is 30.0 Å². The van der Waals surface area contributed by atoms with Crippen molar-refractivity contribution in [3.63, 3.8) is 0 Å². The highest BCUT2D eigenvalue weighted by Gasteiger charge is 2.34. The van der Waals surface area contributed by atoms with Gasteiger partial charge in [0.1, 0.15) is 12.4 Å². The lowest BCUT2D eigenvalue weighted by Gasteiger charge is -2.34. The average Bonchev–Trinajstić information content (AvgIpc) is 2.98. The fourth-order valence-corrected chi connectivity index (χ4v) is 4.18. The highest BCUT2D eigenvalue weighted by molar-refractivity contribution is 6.30. The number of rotatable bonds is 3. The first-order valence-electron chi connectivity index (χ1n) is 9.90. The number of nitrogens with one attached hydrogen (secondary N) is 1. The van der Waals surface area contributed by atoms with E-state index >= 15 is 0 Å². The van der Waals surface area contributed by atoms with Crippen LogP contribution in [0, 0.1) is 5.92 Å². The summed E-state index contributed by atoms with van der Waals surface area (Å²) in [6, 6.07) is 12.1. The fourth-order valence-electron chi connectivity index (χ4n) is 3.98. The Balaban J connectivity index is 1.69. The van der Waals surface area contributed by atoms with Gasteiger partial charge in [-0.25, -0.2) is 5.48 Å². The number of carbonyl (C=O) groups excluding carboxylic acids is 2. The number of nitrogens with zero attached hydrogens (tertiary/aromatic N) is 1. The predicted molar refractivity (Wildman–Crippen MR) is 109 cm³/mol. The first-order valence-corrected chi connectivity index (χ1v) is 10.3. The van der Waals surface area contributed by atoms with E-state index in [0.717, 1.165) is 11.1 Å². The van der Waals surface area contributed by atoms with E-state index < -0.39 is 5.91 Å². The van der Waals surface area contributed by atoms with Gasteiger partial charge >= 0.3 is 0 Å². The molecule has 2 aliphatic rings. The molecular weight excluding hydrogens is 408 g/mol. The summed E-state index contributed by atoms with van der Waals surface area (Å²) in [6.45, 7) is 1.74. The van der Waals surface area contributed by atoms with E-state index in [9.17, 15) is 9.59 Å². The van der Waals surface area contributed by atoms with Gasteiger partial charge < -0.3 is 14.4 Å². The second-order valence-corrected chi connectivity index (χ2v) is 7.93. The number of benzene rings is 2. The van der Waals surface area contributed by atoms with E-state index in [0.29, 0.717) is 43.4 Å². The van der Waals surface area contributed by atoms with Crippen LogP contribution in [0.1, 0.15) is 40.4 Å². The summed E-state index contributed by atoms with van der Waals surface area (Å²) in [5.41, 5.74) is 3.60. The molecule has 8 heteroatoms. The summed E-state index contributed by atoms with van der Waals surface area (Å²) < 4.78 is 11.5. The quantitative estimate of drug-likeness (QED) is 0.576. The fraction of sp³-hybridized carbons (Fsp3) is 0.364. The molecule has 2 aromatic carbocycles. The minimum absolute atomic E-state index is 0.0666. The van der Waals surface area contributed by atoms with E-state index in [1.54, 1.807) is 29.7 Å². The predicted octanol–water partition coefficient (Wildman–Crippen LogP) is 3.35. The van der Waals surface area contributed by atoms with Gasteiger partial charge in [-0.3, -0.25) is 14.8 Å². The number of ether oxygens (including phenoxy) is 2. The molecule has 4 rings (SSSR count). The summed E-state index contributed by atoms with van der Waals surface area (Å²) in [4.78, 5) is 27.1. The Kier molecular flexibility index (Phi) is 6.22. The maximum atomic E-state index is 13.5. The second kappa shape index (κ2) is 9.04. The van der Waals surface area contributed by atoms with Crippen LogP contribution in [0.4, 0.5) is 0 Å². The van der Waals surface area contributed by atoms with E-state index in [1.165, 1.54) is 0 Å². The molecule has 1 fully saturated rings. The zero-order valence-electron chi connectivity index (χ0n) is 16.3. The Labute approximate surface area is 179 Å². The summed E-state index contributed by atoms with van der Waals surface area (Å²) in [5, 5.41) is 9.50. The van der Waals surface area contributed by atoms with Crippen molar-refractivity contribution in [2.45, 2.75) is 25.4 Å². The SMILES string of the molecule is O=C(NO)c1ccc2c(c1)OC[C@H](c1cccc(Cl)c1)N(C(=O)C1CCOCC1)C2. The Hall–Kier alpha value is -2.61. The third-order valence-electron chi connectivity index (χ3n) is 5.63. The molecule has 1 atom stereocenters. The Morgan fingerprint density at radius 3 is 2.67 bits per heavy atom. The molecule has 0 aromatic heterocycles. The lowest BCUT2D eigenvalue weighted by atomic mass is 9.96. The van der Waals surface area contributed by atoms with Gasteiger partial charge in [-0.05, 0) is 42.7 Å². The molecule has 0 unspecified atom stereocenters. The smallest absolute Gasteiger partial charge is 0.274 e. The Bertz CT molecular complexity index is 945. The van der Waals surface area contributed by atoms with E-state index in [1.807, 2.05) is 23.1 Å². The second-order valence-electron chi connectivity index (χ2n) is 7.50. The maximum absolute atomic E-state index is 13.5. The van der Waals surface area contributed by atoms with Crippen molar-refractivity contribution < 1.29 is 24.3 Å². The molecule has 0 radical (unpaired) electrons. The summed E-state index contributed by atoms with van der Waals surface area (Å²) in [7, 11) is 0. The zero-order chi connectivity index (χ0) is 21.1. The largest absolute Gasteiger partial charge is 0.491 e. The van der Waals surface area contributed by atoms with Gasteiger partial charge in [-0.1, -0.05) is 29.8 Å². The number of hydroxylamine groups is 1. The number of hydrogen-bond acceptors (Lipinski definition) is 5. The van der Waals surface area contributed by atoms with Crippen LogP contribution in [0.25, 0.3) is 0 Å². The Morgan fingerprint density at radius 2 is 1.93 bits per heavy atom. The monoisotopic (exact) mass is 430 g/mol. The molecule has 2 aliphatic heterocycles. The van der Waals surface area contributed by atoms with Crippen LogP contribution in [-0.2, 0) is 16.1 Å². The lowest BCUT2D eigenvalue weighted by molar-refractivity contribution is -0.142. The number of halogens is 1. The Morgan fingerprint density at radius 1 is 1.13 bits per heavy atom. The van der Waals surface area contributed by atoms with Crippen molar-refractivity contribution in [3.8, 4) is 5.75 Å².